The molecule has 0 N–H and O–H groups in total. The molecule has 0 atom stereocenters. The van der Waals surface area contributed by atoms with Gasteiger partial charge in [-0.2, -0.15) is 0 Å². The number of hydrogen-bond acceptors (Lipinski definition) is 4. The van der Waals surface area contributed by atoms with E-state index in [0.717, 1.165) is 27.6 Å². The van der Waals surface area contributed by atoms with Gasteiger partial charge in [-0.3, -0.25) is 0 Å². The van der Waals surface area contributed by atoms with Crippen LogP contribution in [0.5, 0.6) is 0 Å². The number of benzene rings is 9. The zero-order chi connectivity index (χ0) is 39.6. The van der Waals surface area contributed by atoms with Gasteiger partial charge in [0.1, 0.15) is 0 Å². The average molecular weight is 782 g/mol. The Labute approximate surface area is 352 Å². The lowest BCUT2D eigenvalue weighted by Gasteiger charge is -2.34. The highest BCUT2D eigenvalue weighted by molar-refractivity contribution is 7.25. The second kappa shape index (κ2) is 13.8. The van der Waals surface area contributed by atoms with Crippen molar-refractivity contribution < 1.29 is 0 Å². The molecule has 0 fully saturated rings. The lowest BCUT2D eigenvalue weighted by Crippen LogP contribution is -2.28. The summed E-state index contributed by atoms with van der Waals surface area (Å²) in [5.74, 6) is 1.94. The Morgan fingerprint density at radius 3 is 1.65 bits per heavy atom. The lowest BCUT2D eigenvalue weighted by atomic mass is 9.67. The van der Waals surface area contributed by atoms with Crippen LogP contribution >= 0.6 is 11.3 Å². The van der Waals surface area contributed by atoms with Crippen molar-refractivity contribution in [2.45, 2.75) is 5.41 Å². The van der Waals surface area contributed by atoms with E-state index in [1.165, 1.54) is 64.5 Å². The van der Waals surface area contributed by atoms with Gasteiger partial charge in [0.15, 0.2) is 17.5 Å². The van der Waals surface area contributed by atoms with Crippen LogP contribution in [0.15, 0.2) is 212 Å². The summed E-state index contributed by atoms with van der Waals surface area (Å²) in [5.41, 5.74) is 12.4. The van der Waals surface area contributed by atoms with Crippen LogP contribution in [0, 0.1) is 0 Å². The van der Waals surface area contributed by atoms with Gasteiger partial charge in [0, 0.05) is 36.9 Å². The first kappa shape index (κ1) is 34.5. The fraction of sp³-hybridized carbons (Fsp3) is 0.0179. The summed E-state index contributed by atoms with van der Waals surface area (Å²) in [4.78, 5) is 15.3. The molecule has 280 valence electrons. The first-order valence-corrected chi connectivity index (χ1v) is 21.2. The van der Waals surface area contributed by atoms with Gasteiger partial charge in [-0.1, -0.05) is 182 Å². The third kappa shape index (κ3) is 5.38. The Hall–Kier alpha value is -7.53. The fourth-order valence-electron chi connectivity index (χ4n) is 9.52. The van der Waals surface area contributed by atoms with Crippen molar-refractivity contribution in [2.75, 3.05) is 0 Å². The van der Waals surface area contributed by atoms with Gasteiger partial charge in [-0.05, 0) is 85.6 Å². The molecule has 4 heteroatoms. The van der Waals surface area contributed by atoms with E-state index in [1.807, 2.05) is 29.5 Å². The predicted molar refractivity (Wildman–Crippen MR) is 249 cm³/mol. The smallest absolute Gasteiger partial charge is 0.164 e. The minimum absolute atomic E-state index is 0.469. The molecule has 1 aliphatic carbocycles. The molecule has 0 aliphatic heterocycles. The number of fused-ring (bicyclic) bond motifs is 7. The second-order valence-corrected chi connectivity index (χ2v) is 16.6. The summed E-state index contributed by atoms with van der Waals surface area (Å²) in [5, 5.41) is 4.85. The van der Waals surface area contributed by atoms with E-state index in [1.54, 1.807) is 0 Å². The number of nitrogens with zero attached hydrogens (tertiary/aromatic N) is 3. The maximum Gasteiger partial charge on any atom is 0.164 e. The van der Waals surface area contributed by atoms with Crippen molar-refractivity contribution in [3.05, 3.63) is 235 Å². The maximum absolute atomic E-state index is 5.15. The van der Waals surface area contributed by atoms with Crippen molar-refractivity contribution in [2.24, 2.45) is 0 Å². The van der Waals surface area contributed by atoms with Gasteiger partial charge in [-0.25, -0.2) is 15.0 Å². The molecule has 12 rings (SSSR count). The summed E-state index contributed by atoms with van der Waals surface area (Å²) in [7, 11) is 0. The van der Waals surface area contributed by atoms with Crippen molar-refractivity contribution in [3.63, 3.8) is 0 Å². The lowest BCUT2D eigenvalue weighted by molar-refractivity contribution is 0.770. The number of hydrogen-bond donors (Lipinski definition) is 0. The van der Waals surface area contributed by atoms with E-state index in [-0.39, 0.29) is 0 Å². The van der Waals surface area contributed by atoms with Gasteiger partial charge in [-0.15, -0.1) is 11.3 Å². The largest absolute Gasteiger partial charge is 0.208 e. The quantitative estimate of drug-likeness (QED) is 0.169. The monoisotopic (exact) mass is 781 g/mol. The Morgan fingerprint density at radius 1 is 0.333 bits per heavy atom. The Morgan fingerprint density at radius 2 is 0.900 bits per heavy atom. The molecule has 60 heavy (non-hydrogen) atoms. The van der Waals surface area contributed by atoms with Crippen molar-refractivity contribution in [1.82, 2.24) is 15.0 Å². The highest BCUT2D eigenvalue weighted by atomic mass is 32.1. The zero-order valence-electron chi connectivity index (χ0n) is 32.5. The molecule has 1 aliphatic rings. The van der Waals surface area contributed by atoms with E-state index in [0.29, 0.717) is 17.5 Å². The van der Waals surface area contributed by atoms with Gasteiger partial charge in [0.2, 0.25) is 0 Å². The predicted octanol–water partition coefficient (Wildman–Crippen LogP) is 14.4. The molecule has 0 spiro atoms. The topological polar surface area (TPSA) is 38.7 Å². The highest BCUT2D eigenvalue weighted by Gasteiger charge is 2.46. The first-order valence-electron chi connectivity index (χ1n) is 20.3. The molecule has 3 nitrogen and oxygen atoms in total. The highest BCUT2D eigenvalue weighted by Crippen LogP contribution is 2.57. The summed E-state index contributed by atoms with van der Waals surface area (Å²) >= 11 is 1.86. The summed E-state index contributed by atoms with van der Waals surface area (Å²) in [6.07, 6.45) is 0. The first-order chi connectivity index (χ1) is 29.7. The van der Waals surface area contributed by atoms with E-state index in [2.05, 4.69) is 194 Å². The molecule has 0 bridgehead atoms. The second-order valence-electron chi connectivity index (χ2n) is 15.5. The van der Waals surface area contributed by atoms with E-state index in [4.69, 9.17) is 15.0 Å². The van der Waals surface area contributed by atoms with Crippen LogP contribution in [0.25, 0.3) is 87.4 Å². The van der Waals surface area contributed by atoms with Gasteiger partial charge >= 0.3 is 0 Å². The standard InChI is InChI=1S/C56H35N3S/c1-3-16-37(17-4-1)53-57-54(59-55(58-53)41-30-29-36-15-7-8-18-38(36)33-41)40-20-13-19-39(34-40)44-25-14-28-51-52(44)47-35-43(31-32-50(47)60-51)56(42-21-5-2-6-22-42)48-26-11-9-23-45(48)46-24-10-12-27-49(46)56/h1-35H. The van der Waals surface area contributed by atoms with Gasteiger partial charge in [0.05, 0.1) is 5.41 Å². The summed E-state index contributed by atoms with van der Waals surface area (Å²) in [6.45, 7) is 0. The normalized spacial score (nSPS) is 12.8. The molecule has 0 saturated heterocycles. The molecule has 9 aromatic carbocycles. The zero-order valence-corrected chi connectivity index (χ0v) is 33.3. The third-order valence-corrected chi connectivity index (χ3v) is 13.3. The molecule has 0 saturated carbocycles. The minimum atomic E-state index is -0.469. The van der Waals surface area contributed by atoms with Crippen LogP contribution < -0.4 is 0 Å². The Balaban J connectivity index is 1.04. The molecule has 2 heterocycles. The van der Waals surface area contributed by atoms with Crippen molar-refractivity contribution in [3.8, 4) is 56.4 Å². The van der Waals surface area contributed by atoms with Crippen molar-refractivity contribution >= 4 is 42.3 Å². The molecule has 11 aromatic rings. The van der Waals surface area contributed by atoms with E-state index < -0.39 is 5.41 Å². The minimum Gasteiger partial charge on any atom is -0.208 e. The van der Waals surface area contributed by atoms with E-state index >= 15 is 0 Å². The van der Waals surface area contributed by atoms with E-state index in [9.17, 15) is 0 Å². The van der Waals surface area contributed by atoms with Crippen molar-refractivity contribution in [1.29, 1.82) is 0 Å². The van der Waals surface area contributed by atoms with Gasteiger partial charge < -0.3 is 0 Å². The molecule has 0 amide bonds. The molecular weight excluding hydrogens is 747 g/mol. The maximum atomic E-state index is 5.15. The number of aromatic nitrogens is 3. The summed E-state index contributed by atoms with van der Waals surface area (Å²) < 4.78 is 2.53. The Kier molecular flexibility index (Phi) is 7.94. The van der Waals surface area contributed by atoms with Gasteiger partial charge in [0.25, 0.3) is 0 Å². The van der Waals surface area contributed by atoms with Crippen LogP contribution in [0.1, 0.15) is 22.3 Å². The third-order valence-electron chi connectivity index (χ3n) is 12.2. The van der Waals surface area contributed by atoms with Crippen LogP contribution in [-0.4, -0.2) is 15.0 Å². The average Bonchev–Trinajstić information content (AvgIpc) is 3.85. The molecule has 0 radical (unpaired) electrons. The van der Waals surface area contributed by atoms with Crippen LogP contribution in [0.4, 0.5) is 0 Å². The molecule has 2 aromatic heterocycles. The van der Waals surface area contributed by atoms with Crippen LogP contribution in [0.3, 0.4) is 0 Å². The molecule has 0 unspecified atom stereocenters. The fourth-order valence-corrected chi connectivity index (χ4v) is 10.6. The number of thiophene rings is 1. The SMILES string of the molecule is c1ccc(-c2nc(-c3cccc(-c4cccc5sc6ccc(C7(c8ccccc8)c8ccccc8-c8ccccc87)cc6c45)c3)nc(-c3ccc4ccccc4c3)n2)cc1. The van der Waals surface area contributed by atoms with Crippen LogP contribution in [0.2, 0.25) is 0 Å². The number of rotatable bonds is 6. The summed E-state index contributed by atoms with van der Waals surface area (Å²) in [6, 6.07) is 76.5. The Bertz CT molecular complexity index is 3400. The van der Waals surface area contributed by atoms with Crippen LogP contribution in [-0.2, 0) is 5.41 Å². The molecular formula is C56H35N3S.